The van der Waals surface area contributed by atoms with Crippen LogP contribution in [0.5, 0.6) is 5.75 Å². The summed E-state index contributed by atoms with van der Waals surface area (Å²) >= 11 is 0. The Hall–Kier alpha value is -1.24. The molecule has 0 spiro atoms. The summed E-state index contributed by atoms with van der Waals surface area (Å²) in [5, 5.41) is 19.6. The molecule has 1 aliphatic rings. The van der Waals surface area contributed by atoms with Crippen molar-refractivity contribution in [1.82, 2.24) is 4.90 Å². The summed E-state index contributed by atoms with van der Waals surface area (Å²) in [4.78, 5) is 24.9. The first-order chi connectivity index (χ1) is 8.58. The average molecular weight is 272 g/mol. The van der Waals surface area contributed by atoms with Crippen LogP contribution in [0.1, 0.15) is 0 Å². The molecule has 1 aromatic rings. The number of carboxylic acids is 1. The molecule has 0 aliphatic carbocycles. The molecule has 19 heavy (non-hydrogen) atoms. The number of carbonyl (C=O) groups is 2. The van der Waals surface area contributed by atoms with Gasteiger partial charge in [-0.3, -0.25) is 4.79 Å². The largest absolute Gasteiger partial charge is 1.00 e. The Balaban J connectivity index is 0.00000180. The molecule has 0 radical (unpaired) electrons. The number of hydrogen-bond donors (Lipinski definition) is 1. The number of carbonyl (C=O) groups excluding carboxylic acids is 2. The molecule has 0 unspecified atom stereocenters. The fourth-order valence-corrected chi connectivity index (χ4v) is 1.96. The zero-order valence-electron chi connectivity index (χ0n) is 10.7. The Morgan fingerprint density at radius 2 is 1.58 bits per heavy atom. The number of benzene rings is 1. The van der Waals surface area contributed by atoms with E-state index in [1.54, 1.807) is 24.3 Å². The van der Waals surface area contributed by atoms with Crippen molar-refractivity contribution in [1.29, 1.82) is 0 Å². The molecule has 7 heteroatoms. The van der Waals surface area contributed by atoms with Gasteiger partial charge in [-0.1, -0.05) is 0 Å². The molecule has 1 aliphatic heterocycles. The quantitative estimate of drug-likeness (QED) is 0.414. The predicted octanol–water partition coefficient (Wildman–Crippen LogP) is -4.21. The molecular weight excluding hydrogens is 259 g/mol. The molecule has 0 atom stereocenters. The second kappa shape index (κ2) is 6.79. The zero-order chi connectivity index (χ0) is 13.1. The summed E-state index contributed by atoms with van der Waals surface area (Å²) in [6, 6.07) is 6.75. The molecule has 1 heterocycles. The zero-order valence-corrected chi connectivity index (χ0v) is 12.7. The number of phenols is 1. The van der Waals surface area contributed by atoms with E-state index in [1.807, 2.05) is 4.90 Å². The van der Waals surface area contributed by atoms with E-state index < -0.39 is 11.9 Å². The number of phenolic OH excluding ortho intramolecular Hbond substituents is 1. The van der Waals surface area contributed by atoms with E-state index in [4.69, 9.17) is 0 Å². The maximum atomic E-state index is 11.2. The summed E-state index contributed by atoms with van der Waals surface area (Å²) < 4.78 is 0. The van der Waals surface area contributed by atoms with E-state index in [0.717, 1.165) is 5.69 Å². The average Bonchev–Trinajstić information content (AvgIpc) is 2.39. The van der Waals surface area contributed by atoms with Crippen molar-refractivity contribution >= 4 is 17.6 Å². The Kier molecular flexibility index (Phi) is 5.65. The van der Waals surface area contributed by atoms with E-state index in [-0.39, 0.29) is 35.3 Å². The fourth-order valence-electron chi connectivity index (χ4n) is 1.96. The van der Waals surface area contributed by atoms with Gasteiger partial charge in [0.2, 0.25) is 0 Å². The van der Waals surface area contributed by atoms with Crippen LogP contribution in [0.15, 0.2) is 24.3 Å². The number of anilines is 1. The SMILES string of the molecule is O=C([O-])C(=O)N1CCN(c2ccc(O)cc2)CC1.[Na+]. The molecular formula is C12H13N2NaO4. The van der Waals surface area contributed by atoms with E-state index in [1.165, 1.54) is 4.90 Å². The smallest absolute Gasteiger partial charge is 0.540 e. The first-order valence-electron chi connectivity index (χ1n) is 5.62. The summed E-state index contributed by atoms with van der Waals surface area (Å²) in [5.74, 6) is -2.42. The second-order valence-corrected chi connectivity index (χ2v) is 4.08. The van der Waals surface area contributed by atoms with E-state index >= 15 is 0 Å². The molecule has 1 amide bonds. The Bertz CT molecular complexity index is 455. The molecule has 0 bridgehead atoms. The normalized spacial score (nSPS) is 14.7. The Labute approximate surface area is 132 Å². The Morgan fingerprint density at radius 3 is 2.05 bits per heavy atom. The molecule has 1 fully saturated rings. The maximum Gasteiger partial charge on any atom is 1.00 e. The topological polar surface area (TPSA) is 83.9 Å². The number of nitrogens with zero attached hydrogens (tertiary/aromatic N) is 2. The van der Waals surface area contributed by atoms with Crippen LogP contribution < -0.4 is 39.6 Å². The van der Waals surface area contributed by atoms with Crippen molar-refractivity contribution in [3.05, 3.63) is 24.3 Å². The molecule has 0 saturated carbocycles. The van der Waals surface area contributed by atoms with Crippen molar-refractivity contribution in [2.45, 2.75) is 0 Å². The summed E-state index contributed by atoms with van der Waals surface area (Å²) in [5.41, 5.74) is 0.938. The monoisotopic (exact) mass is 272 g/mol. The third kappa shape index (κ3) is 3.86. The molecule has 6 nitrogen and oxygen atoms in total. The number of aromatic hydroxyl groups is 1. The summed E-state index contributed by atoms with van der Waals surface area (Å²) in [6.07, 6.45) is 0. The summed E-state index contributed by atoms with van der Waals surface area (Å²) in [7, 11) is 0. The van der Waals surface area contributed by atoms with Gasteiger partial charge in [0.05, 0.1) is 0 Å². The van der Waals surface area contributed by atoms with Crippen molar-refractivity contribution in [2.24, 2.45) is 0 Å². The van der Waals surface area contributed by atoms with Gasteiger partial charge in [0, 0.05) is 31.9 Å². The minimum absolute atomic E-state index is 0. The van der Waals surface area contributed by atoms with Crippen molar-refractivity contribution in [2.75, 3.05) is 31.1 Å². The van der Waals surface area contributed by atoms with Gasteiger partial charge in [-0.15, -0.1) is 0 Å². The number of carboxylic acid groups (broad SMARTS) is 1. The van der Waals surface area contributed by atoms with Gasteiger partial charge < -0.3 is 24.8 Å². The van der Waals surface area contributed by atoms with Crippen LogP contribution in [-0.4, -0.2) is 48.1 Å². The molecule has 1 aromatic carbocycles. The van der Waals surface area contributed by atoms with Crippen LogP contribution in [0.25, 0.3) is 0 Å². The first kappa shape index (κ1) is 15.8. The van der Waals surface area contributed by atoms with Gasteiger partial charge in [0.1, 0.15) is 11.7 Å². The van der Waals surface area contributed by atoms with Gasteiger partial charge in [0.25, 0.3) is 5.91 Å². The van der Waals surface area contributed by atoms with Crippen LogP contribution in [0, 0.1) is 0 Å². The molecule has 2 rings (SSSR count). The van der Waals surface area contributed by atoms with Crippen LogP contribution >= 0.6 is 0 Å². The third-order valence-electron chi connectivity index (χ3n) is 2.96. The van der Waals surface area contributed by atoms with Gasteiger partial charge in [-0.2, -0.15) is 0 Å². The van der Waals surface area contributed by atoms with Crippen LogP contribution in [-0.2, 0) is 9.59 Å². The third-order valence-corrected chi connectivity index (χ3v) is 2.96. The molecule has 1 saturated heterocycles. The Morgan fingerprint density at radius 1 is 1.05 bits per heavy atom. The predicted molar refractivity (Wildman–Crippen MR) is 61.9 cm³/mol. The van der Waals surface area contributed by atoms with Gasteiger partial charge >= 0.3 is 29.6 Å². The number of aliphatic carboxylic acids is 1. The van der Waals surface area contributed by atoms with E-state index in [9.17, 15) is 19.8 Å². The van der Waals surface area contributed by atoms with Crippen molar-refractivity contribution in [3.63, 3.8) is 0 Å². The first-order valence-corrected chi connectivity index (χ1v) is 5.62. The molecule has 0 aromatic heterocycles. The van der Waals surface area contributed by atoms with Crippen LogP contribution in [0.3, 0.4) is 0 Å². The van der Waals surface area contributed by atoms with Crippen LogP contribution in [0.4, 0.5) is 5.69 Å². The van der Waals surface area contributed by atoms with Gasteiger partial charge in [-0.25, -0.2) is 0 Å². The standard InChI is InChI=1S/C12H14N2O4.Na/c15-10-3-1-9(2-4-10)13-5-7-14(8-6-13)11(16)12(17)18;/h1-4,15H,5-8H2,(H,17,18);/q;+1/p-1. The van der Waals surface area contributed by atoms with Crippen LogP contribution in [0.2, 0.25) is 0 Å². The van der Waals surface area contributed by atoms with E-state index in [0.29, 0.717) is 26.2 Å². The second-order valence-electron chi connectivity index (χ2n) is 4.08. The van der Waals surface area contributed by atoms with E-state index in [2.05, 4.69) is 0 Å². The summed E-state index contributed by atoms with van der Waals surface area (Å²) in [6.45, 7) is 1.83. The van der Waals surface area contributed by atoms with Gasteiger partial charge in [0.15, 0.2) is 0 Å². The van der Waals surface area contributed by atoms with Crippen molar-refractivity contribution in [3.8, 4) is 5.75 Å². The fraction of sp³-hybridized carbons (Fsp3) is 0.333. The van der Waals surface area contributed by atoms with Crippen molar-refractivity contribution < 1.29 is 49.4 Å². The molecule has 1 N–H and O–H groups in total. The minimum Gasteiger partial charge on any atom is -0.540 e. The number of piperazine rings is 1. The minimum atomic E-state index is -1.66. The number of hydrogen-bond acceptors (Lipinski definition) is 5. The van der Waals surface area contributed by atoms with Gasteiger partial charge in [-0.05, 0) is 24.3 Å². The maximum absolute atomic E-state index is 11.2. The number of rotatable bonds is 1. The molecule has 96 valence electrons. The number of amides is 1.